The van der Waals surface area contributed by atoms with Crippen molar-refractivity contribution in [2.45, 2.75) is 51.9 Å². The van der Waals surface area contributed by atoms with Crippen LogP contribution in [0.25, 0.3) is 0 Å². The smallest absolute Gasteiger partial charge is 0.00489 e. The summed E-state index contributed by atoms with van der Waals surface area (Å²) in [5.74, 6) is 0. The lowest BCUT2D eigenvalue weighted by Crippen LogP contribution is -2.18. The van der Waals surface area contributed by atoms with Gasteiger partial charge >= 0.3 is 0 Å². The summed E-state index contributed by atoms with van der Waals surface area (Å²) in [4.78, 5) is 0. The van der Waals surface area contributed by atoms with Crippen molar-refractivity contribution in [3.05, 3.63) is 0 Å². The zero-order valence-corrected chi connectivity index (χ0v) is 12.0. The molecule has 0 amide bonds. The molecule has 3 nitrogen and oxygen atoms in total. The van der Waals surface area contributed by atoms with Gasteiger partial charge in [-0.25, -0.2) is 0 Å². The maximum atomic E-state index is 3.52. The lowest BCUT2D eigenvalue weighted by atomic mass is 10.2. The van der Waals surface area contributed by atoms with E-state index in [1.165, 1.54) is 71.1 Å². The Morgan fingerprint density at radius 2 is 1.06 bits per heavy atom. The molecule has 0 aromatic heterocycles. The van der Waals surface area contributed by atoms with Gasteiger partial charge in [0, 0.05) is 0 Å². The van der Waals surface area contributed by atoms with E-state index in [0.29, 0.717) is 0 Å². The highest BCUT2D eigenvalue weighted by Crippen LogP contribution is 1.94. The fourth-order valence-electron chi connectivity index (χ4n) is 1.83. The Labute approximate surface area is 108 Å². The van der Waals surface area contributed by atoms with E-state index in [1.807, 2.05) is 7.05 Å². The molecule has 104 valence electrons. The predicted octanol–water partition coefficient (Wildman–Crippen LogP) is 2.14. The number of hydrogen-bond acceptors (Lipinski definition) is 3. The van der Waals surface area contributed by atoms with E-state index < -0.39 is 0 Å². The lowest BCUT2D eigenvalue weighted by molar-refractivity contribution is 0.550. The van der Waals surface area contributed by atoms with Crippen molar-refractivity contribution in [3.8, 4) is 0 Å². The molecule has 3 N–H and O–H groups in total. The minimum atomic E-state index is 1.16. The van der Waals surface area contributed by atoms with Gasteiger partial charge in [-0.1, -0.05) is 19.8 Å². The molecule has 0 atom stereocenters. The number of hydrogen-bond donors (Lipinski definition) is 3. The molecule has 0 aliphatic carbocycles. The summed E-state index contributed by atoms with van der Waals surface area (Å²) >= 11 is 0. The van der Waals surface area contributed by atoms with E-state index in [0.717, 1.165) is 6.54 Å². The first kappa shape index (κ1) is 16.9. The monoisotopic (exact) mass is 243 g/mol. The number of nitrogens with one attached hydrogen (secondary N) is 3. The molecule has 0 saturated carbocycles. The van der Waals surface area contributed by atoms with Crippen molar-refractivity contribution in [1.29, 1.82) is 0 Å². The van der Waals surface area contributed by atoms with Gasteiger partial charge in [0.25, 0.3) is 0 Å². The molecule has 0 spiro atoms. The molecule has 0 heterocycles. The Morgan fingerprint density at radius 1 is 0.588 bits per heavy atom. The van der Waals surface area contributed by atoms with Crippen molar-refractivity contribution in [2.24, 2.45) is 0 Å². The molecule has 0 unspecified atom stereocenters. The maximum absolute atomic E-state index is 3.52. The van der Waals surface area contributed by atoms with Crippen molar-refractivity contribution in [2.75, 3.05) is 39.8 Å². The standard InChI is InChI=1S/C14H33N3/c1-3-10-16-12-8-5-9-14-17-13-7-4-6-11-15-2/h15-17H,3-14H2,1-2H3. The first-order valence-electron chi connectivity index (χ1n) is 7.47. The topological polar surface area (TPSA) is 36.1 Å². The number of rotatable bonds is 14. The third-order valence-corrected chi connectivity index (χ3v) is 2.91. The van der Waals surface area contributed by atoms with Crippen LogP contribution >= 0.6 is 0 Å². The van der Waals surface area contributed by atoms with Crippen LogP contribution in [0.5, 0.6) is 0 Å². The van der Waals surface area contributed by atoms with Crippen molar-refractivity contribution < 1.29 is 0 Å². The minimum Gasteiger partial charge on any atom is -0.320 e. The van der Waals surface area contributed by atoms with Gasteiger partial charge in [-0.2, -0.15) is 0 Å². The average molecular weight is 243 g/mol. The molecule has 0 bridgehead atoms. The van der Waals surface area contributed by atoms with Crippen LogP contribution in [0.2, 0.25) is 0 Å². The molecule has 0 aromatic carbocycles. The molecular weight excluding hydrogens is 210 g/mol. The Morgan fingerprint density at radius 3 is 1.53 bits per heavy atom. The van der Waals surface area contributed by atoms with E-state index in [4.69, 9.17) is 0 Å². The summed E-state index contributed by atoms with van der Waals surface area (Å²) in [6.45, 7) is 8.12. The quantitative estimate of drug-likeness (QED) is 0.409. The summed E-state index contributed by atoms with van der Waals surface area (Å²) in [5, 5.41) is 10.1. The molecule has 0 fully saturated rings. The van der Waals surface area contributed by atoms with Crippen LogP contribution in [0, 0.1) is 0 Å². The van der Waals surface area contributed by atoms with Crippen LogP contribution in [0.1, 0.15) is 51.9 Å². The predicted molar refractivity (Wildman–Crippen MR) is 77.7 cm³/mol. The normalized spacial score (nSPS) is 10.9. The third kappa shape index (κ3) is 15.9. The van der Waals surface area contributed by atoms with Gasteiger partial charge in [-0.15, -0.1) is 0 Å². The maximum Gasteiger partial charge on any atom is -0.00489 e. The minimum absolute atomic E-state index is 1.16. The van der Waals surface area contributed by atoms with Crippen molar-refractivity contribution in [3.63, 3.8) is 0 Å². The SMILES string of the molecule is CCCNCCCCCNCCCCCNC. The van der Waals surface area contributed by atoms with Crippen LogP contribution in [-0.4, -0.2) is 39.8 Å². The second-order valence-electron chi connectivity index (χ2n) is 4.72. The second-order valence-corrected chi connectivity index (χ2v) is 4.72. The van der Waals surface area contributed by atoms with Crippen LogP contribution < -0.4 is 16.0 Å². The molecule has 0 aromatic rings. The zero-order valence-electron chi connectivity index (χ0n) is 12.0. The number of unbranched alkanes of at least 4 members (excludes halogenated alkanes) is 4. The highest BCUT2D eigenvalue weighted by Gasteiger charge is 1.91. The molecule has 17 heavy (non-hydrogen) atoms. The fraction of sp³-hybridized carbons (Fsp3) is 1.00. The van der Waals surface area contributed by atoms with E-state index in [-0.39, 0.29) is 0 Å². The highest BCUT2D eigenvalue weighted by atomic mass is 14.9. The van der Waals surface area contributed by atoms with Crippen LogP contribution in [-0.2, 0) is 0 Å². The molecular formula is C14H33N3. The first-order chi connectivity index (χ1) is 8.41. The second kappa shape index (κ2) is 15.9. The Hall–Kier alpha value is -0.120. The van der Waals surface area contributed by atoms with Crippen LogP contribution in [0.3, 0.4) is 0 Å². The van der Waals surface area contributed by atoms with Gasteiger partial charge in [0.1, 0.15) is 0 Å². The van der Waals surface area contributed by atoms with Crippen molar-refractivity contribution in [1.82, 2.24) is 16.0 Å². The molecule has 0 saturated heterocycles. The summed E-state index contributed by atoms with van der Waals surface area (Å²) in [7, 11) is 2.02. The highest BCUT2D eigenvalue weighted by molar-refractivity contribution is 4.52. The van der Waals surface area contributed by atoms with Gasteiger partial charge in [-0.3, -0.25) is 0 Å². The summed E-state index contributed by atoms with van der Waals surface area (Å²) in [6.07, 6.45) is 9.21. The van der Waals surface area contributed by atoms with Crippen LogP contribution in [0.4, 0.5) is 0 Å². The average Bonchev–Trinajstić information content (AvgIpc) is 2.35. The largest absolute Gasteiger partial charge is 0.320 e. The van der Waals surface area contributed by atoms with Crippen molar-refractivity contribution >= 4 is 0 Å². The Bertz CT molecular complexity index is 115. The van der Waals surface area contributed by atoms with Gasteiger partial charge in [0.05, 0.1) is 0 Å². The van der Waals surface area contributed by atoms with Gasteiger partial charge < -0.3 is 16.0 Å². The molecule has 0 rings (SSSR count). The zero-order chi connectivity index (χ0) is 12.6. The Kier molecular flexibility index (Phi) is 15.8. The van der Waals surface area contributed by atoms with Gasteiger partial charge in [0.15, 0.2) is 0 Å². The first-order valence-corrected chi connectivity index (χ1v) is 7.47. The molecule has 3 heteroatoms. The van der Waals surface area contributed by atoms with E-state index in [1.54, 1.807) is 0 Å². The van der Waals surface area contributed by atoms with Crippen LogP contribution in [0.15, 0.2) is 0 Å². The summed E-state index contributed by atoms with van der Waals surface area (Å²) in [6, 6.07) is 0. The van der Waals surface area contributed by atoms with Gasteiger partial charge in [-0.05, 0) is 71.9 Å². The van der Waals surface area contributed by atoms with E-state index in [9.17, 15) is 0 Å². The lowest BCUT2D eigenvalue weighted by Gasteiger charge is -2.05. The van der Waals surface area contributed by atoms with Gasteiger partial charge in [0.2, 0.25) is 0 Å². The van der Waals surface area contributed by atoms with E-state index >= 15 is 0 Å². The summed E-state index contributed by atoms with van der Waals surface area (Å²) < 4.78 is 0. The summed E-state index contributed by atoms with van der Waals surface area (Å²) in [5.41, 5.74) is 0. The Balaban J connectivity index is 2.85. The fourth-order valence-corrected chi connectivity index (χ4v) is 1.83. The molecule has 0 aliphatic rings. The molecule has 0 radical (unpaired) electrons. The third-order valence-electron chi connectivity index (χ3n) is 2.91. The molecule has 0 aliphatic heterocycles. The van der Waals surface area contributed by atoms with E-state index in [2.05, 4.69) is 22.9 Å².